The van der Waals surface area contributed by atoms with Gasteiger partial charge < -0.3 is 15.0 Å². The molecule has 1 heterocycles. The van der Waals surface area contributed by atoms with Crippen LogP contribution in [0.25, 0.3) is 0 Å². The van der Waals surface area contributed by atoms with E-state index in [1.807, 2.05) is 18.7 Å². The van der Waals surface area contributed by atoms with E-state index in [9.17, 15) is 9.59 Å². The Bertz CT molecular complexity index is 645. The van der Waals surface area contributed by atoms with Crippen molar-refractivity contribution in [3.05, 3.63) is 23.8 Å². The van der Waals surface area contributed by atoms with E-state index < -0.39 is 0 Å². The second-order valence-electron chi connectivity index (χ2n) is 7.65. The average Bonchev–Trinajstić information content (AvgIpc) is 2.74. The Hall–Kier alpha value is -2.04. The summed E-state index contributed by atoms with van der Waals surface area (Å²) in [6.45, 7) is 11.4. The number of anilines is 1. The van der Waals surface area contributed by atoms with Crippen molar-refractivity contribution in [3.63, 3.8) is 0 Å². The number of carbonyl (C=O) groups excluding carboxylic acids is 2. The lowest BCUT2D eigenvalue weighted by Crippen LogP contribution is -2.44. The fraction of sp³-hybridized carbons (Fsp3) is 0.667. The Labute approximate surface area is 177 Å². The first-order valence-corrected chi connectivity index (χ1v) is 11.2. The zero-order valence-electron chi connectivity index (χ0n) is 19.2. The van der Waals surface area contributed by atoms with Gasteiger partial charge in [0.1, 0.15) is 5.75 Å². The second kappa shape index (κ2) is 13.2. The maximum Gasteiger partial charge on any atom is 0.257 e. The monoisotopic (exact) mass is 404 g/mol. The Kier molecular flexibility index (Phi) is 11.4. The SMILES string of the molecule is CC.CCC.COc1cc(NC(C)=O)ccc1C(=O)N1CC[C@H]2CCCC[C@H]2C1. The summed E-state index contributed by atoms with van der Waals surface area (Å²) < 4.78 is 5.39. The molecular formula is C24H40N2O3. The van der Waals surface area contributed by atoms with Gasteiger partial charge in [-0.2, -0.15) is 0 Å². The Morgan fingerprint density at radius 3 is 2.31 bits per heavy atom. The van der Waals surface area contributed by atoms with Gasteiger partial charge in [-0.3, -0.25) is 9.59 Å². The first-order valence-electron chi connectivity index (χ1n) is 11.2. The fourth-order valence-corrected chi connectivity index (χ4v) is 4.10. The van der Waals surface area contributed by atoms with E-state index in [1.54, 1.807) is 25.3 Å². The first-order chi connectivity index (χ1) is 14.0. The summed E-state index contributed by atoms with van der Waals surface area (Å²) in [4.78, 5) is 26.1. The zero-order valence-corrected chi connectivity index (χ0v) is 19.2. The number of hydrogen-bond acceptors (Lipinski definition) is 3. The molecule has 2 amide bonds. The summed E-state index contributed by atoms with van der Waals surface area (Å²) >= 11 is 0. The molecule has 2 atom stereocenters. The molecule has 1 saturated heterocycles. The van der Waals surface area contributed by atoms with Crippen LogP contribution in [0.3, 0.4) is 0 Å². The number of amides is 2. The van der Waals surface area contributed by atoms with E-state index in [2.05, 4.69) is 19.2 Å². The summed E-state index contributed by atoms with van der Waals surface area (Å²) in [6.07, 6.45) is 7.56. The molecular weight excluding hydrogens is 364 g/mol. The molecule has 0 aromatic heterocycles. The van der Waals surface area contributed by atoms with Crippen LogP contribution in [0.4, 0.5) is 5.69 Å². The quantitative estimate of drug-likeness (QED) is 0.698. The van der Waals surface area contributed by atoms with E-state index in [4.69, 9.17) is 4.74 Å². The minimum absolute atomic E-state index is 0.0326. The second-order valence-corrected chi connectivity index (χ2v) is 7.65. The van der Waals surface area contributed by atoms with E-state index in [-0.39, 0.29) is 11.8 Å². The van der Waals surface area contributed by atoms with Crippen LogP contribution in [-0.2, 0) is 4.79 Å². The standard InChI is InChI=1S/C19H26N2O3.C3H8.C2H6/c1-13(22)20-16-7-8-17(18(11-16)24-2)19(23)21-10-9-14-5-3-4-6-15(14)12-21;1-3-2;1-2/h7-8,11,14-15H,3-6,9-10,12H2,1-2H3,(H,20,22);3H2,1-2H3;1-2H3/t14-,15+;;/m1../s1. The van der Waals surface area contributed by atoms with Crippen molar-refractivity contribution in [2.24, 2.45) is 11.8 Å². The predicted molar refractivity (Wildman–Crippen MR) is 121 cm³/mol. The summed E-state index contributed by atoms with van der Waals surface area (Å²) in [5.41, 5.74) is 1.21. The van der Waals surface area contributed by atoms with Crippen molar-refractivity contribution in [1.29, 1.82) is 0 Å². The molecule has 2 aliphatic rings. The molecule has 1 aliphatic heterocycles. The number of rotatable bonds is 3. The molecule has 0 bridgehead atoms. The van der Waals surface area contributed by atoms with Crippen LogP contribution < -0.4 is 10.1 Å². The number of ether oxygens (including phenoxy) is 1. The highest BCUT2D eigenvalue weighted by Gasteiger charge is 2.33. The van der Waals surface area contributed by atoms with Crippen molar-refractivity contribution in [1.82, 2.24) is 4.90 Å². The molecule has 5 nitrogen and oxygen atoms in total. The molecule has 0 unspecified atom stereocenters. The topological polar surface area (TPSA) is 58.6 Å². The van der Waals surface area contributed by atoms with Gasteiger partial charge in [-0.05, 0) is 36.8 Å². The van der Waals surface area contributed by atoms with E-state index >= 15 is 0 Å². The maximum atomic E-state index is 12.9. The normalized spacial score (nSPS) is 20.1. The number of carbonyl (C=O) groups is 2. The molecule has 1 saturated carbocycles. The summed E-state index contributed by atoms with van der Waals surface area (Å²) in [6, 6.07) is 5.21. The van der Waals surface area contributed by atoms with Crippen LogP contribution >= 0.6 is 0 Å². The number of fused-ring (bicyclic) bond motifs is 1. The summed E-state index contributed by atoms with van der Waals surface area (Å²) in [5, 5.41) is 2.72. The minimum Gasteiger partial charge on any atom is -0.496 e. The number of likely N-dealkylation sites (tertiary alicyclic amines) is 1. The van der Waals surface area contributed by atoms with Gasteiger partial charge in [0.2, 0.25) is 5.91 Å². The molecule has 1 N–H and O–H groups in total. The van der Waals surface area contributed by atoms with Gasteiger partial charge in [0.25, 0.3) is 5.91 Å². The third-order valence-corrected chi connectivity index (χ3v) is 5.33. The largest absolute Gasteiger partial charge is 0.496 e. The maximum absolute atomic E-state index is 12.9. The van der Waals surface area contributed by atoms with E-state index in [0.29, 0.717) is 22.9 Å². The number of methoxy groups -OCH3 is 1. The average molecular weight is 405 g/mol. The van der Waals surface area contributed by atoms with Crippen molar-refractivity contribution in [3.8, 4) is 5.75 Å². The third-order valence-electron chi connectivity index (χ3n) is 5.33. The highest BCUT2D eigenvalue weighted by Crippen LogP contribution is 2.37. The molecule has 3 rings (SSSR count). The molecule has 2 fully saturated rings. The summed E-state index contributed by atoms with van der Waals surface area (Å²) in [7, 11) is 1.55. The Morgan fingerprint density at radius 2 is 1.72 bits per heavy atom. The summed E-state index contributed by atoms with van der Waals surface area (Å²) in [5.74, 6) is 1.85. The number of nitrogens with zero attached hydrogens (tertiary/aromatic N) is 1. The van der Waals surface area contributed by atoms with E-state index in [1.165, 1.54) is 39.0 Å². The smallest absolute Gasteiger partial charge is 0.257 e. The molecule has 0 spiro atoms. The first kappa shape index (κ1) is 25.0. The number of hydrogen-bond donors (Lipinski definition) is 1. The van der Waals surface area contributed by atoms with Crippen LogP contribution in [0.15, 0.2) is 18.2 Å². The minimum atomic E-state index is -0.143. The van der Waals surface area contributed by atoms with Crippen molar-refractivity contribution >= 4 is 17.5 Å². The van der Waals surface area contributed by atoms with Gasteiger partial charge in [-0.15, -0.1) is 0 Å². The highest BCUT2D eigenvalue weighted by molar-refractivity contribution is 5.98. The highest BCUT2D eigenvalue weighted by atomic mass is 16.5. The Balaban J connectivity index is 0.000000771. The van der Waals surface area contributed by atoms with Gasteiger partial charge in [-0.25, -0.2) is 0 Å². The molecule has 164 valence electrons. The molecule has 1 aliphatic carbocycles. The molecule has 29 heavy (non-hydrogen) atoms. The van der Waals surface area contributed by atoms with Crippen LogP contribution in [0.5, 0.6) is 5.75 Å². The lowest BCUT2D eigenvalue weighted by atomic mass is 9.75. The lowest BCUT2D eigenvalue weighted by molar-refractivity contribution is -0.114. The number of nitrogens with one attached hydrogen (secondary N) is 1. The van der Waals surface area contributed by atoms with Crippen LogP contribution in [0.1, 0.15) is 83.5 Å². The third kappa shape index (κ3) is 7.37. The van der Waals surface area contributed by atoms with Crippen LogP contribution in [0.2, 0.25) is 0 Å². The fourth-order valence-electron chi connectivity index (χ4n) is 4.10. The van der Waals surface area contributed by atoms with Crippen LogP contribution in [0, 0.1) is 11.8 Å². The van der Waals surface area contributed by atoms with Gasteiger partial charge in [0.15, 0.2) is 0 Å². The van der Waals surface area contributed by atoms with Gasteiger partial charge in [0.05, 0.1) is 12.7 Å². The van der Waals surface area contributed by atoms with E-state index in [0.717, 1.165) is 25.4 Å². The van der Waals surface area contributed by atoms with Crippen LogP contribution in [-0.4, -0.2) is 36.9 Å². The molecule has 0 radical (unpaired) electrons. The predicted octanol–water partition coefficient (Wildman–Crippen LogP) is 5.75. The number of piperidine rings is 1. The number of benzene rings is 1. The molecule has 1 aromatic rings. The Morgan fingerprint density at radius 1 is 1.10 bits per heavy atom. The van der Waals surface area contributed by atoms with Crippen molar-refractivity contribution < 1.29 is 14.3 Å². The van der Waals surface area contributed by atoms with Gasteiger partial charge in [-0.1, -0.05) is 53.4 Å². The lowest BCUT2D eigenvalue weighted by Gasteiger charge is -2.41. The molecule has 5 heteroatoms. The zero-order chi connectivity index (χ0) is 21.8. The van der Waals surface area contributed by atoms with Gasteiger partial charge >= 0.3 is 0 Å². The van der Waals surface area contributed by atoms with Crippen molar-refractivity contribution in [2.45, 2.75) is 73.1 Å². The van der Waals surface area contributed by atoms with Gasteiger partial charge in [0, 0.05) is 31.8 Å². The van der Waals surface area contributed by atoms with Crippen molar-refractivity contribution in [2.75, 3.05) is 25.5 Å². The molecule has 1 aromatic carbocycles.